The summed E-state index contributed by atoms with van der Waals surface area (Å²) in [7, 11) is 0. The van der Waals surface area contributed by atoms with Crippen LogP contribution >= 0.6 is 0 Å². The van der Waals surface area contributed by atoms with Gasteiger partial charge in [0.05, 0.1) is 22.8 Å². The molecule has 30 heavy (non-hydrogen) atoms. The molecule has 0 spiro atoms. The van der Waals surface area contributed by atoms with Crippen molar-refractivity contribution >= 4 is 0 Å². The summed E-state index contributed by atoms with van der Waals surface area (Å²) in [4.78, 5) is 17.5. The number of hydrogen-bond donors (Lipinski definition) is 0. The minimum atomic E-state index is 0. The van der Waals surface area contributed by atoms with Crippen molar-refractivity contribution in [2.24, 2.45) is 0 Å². The summed E-state index contributed by atoms with van der Waals surface area (Å²) in [6.07, 6.45) is 5.40. The van der Waals surface area contributed by atoms with Gasteiger partial charge in [-0.25, -0.2) is 15.0 Å². The molecule has 4 aromatic rings. The van der Waals surface area contributed by atoms with Crippen molar-refractivity contribution in [2.75, 3.05) is 0 Å². The third kappa shape index (κ3) is 4.09. The minimum absolute atomic E-state index is 0. The van der Waals surface area contributed by atoms with E-state index < -0.39 is 0 Å². The van der Waals surface area contributed by atoms with Crippen LogP contribution in [0.3, 0.4) is 0 Å². The van der Waals surface area contributed by atoms with E-state index in [4.69, 9.17) is 0 Å². The first kappa shape index (κ1) is 22.7. The molecule has 0 saturated heterocycles. The Balaban J connectivity index is 0.000000160. The molecule has 0 radical (unpaired) electrons. The molecule has 6 rings (SSSR count). The van der Waals surface area contributed by atoms with Crippen molar-refractivity contribution in [3.05, 3.63) is 94.8 Å². The molecule has 6 heteroatoms. The Kier molecular flexibility index (Phi) is 7.11. The van der Waals surface area contributed by atoms with Crippen LogP contribution < -0.4 is 0 Å². The predicted octanol–water partition coefficient (Wildman–Crippen LogP) is 4.71. The fourth-order valence-corrected chi connectivity index (χ4v) is 3.97. The first-order valence-electron chi connectivity index (χ1n) is 9.50. The van der Waals surface area contributed by atoms with E-state index in [0.29, 0.717) is 0 Å². The van der Waals surface area contributed by atoms with Gasteiger partial charge in [-0.1, -0.05) is 48.5 Å². The van der Waals surface area contributed by atoms with E-state index in [9.17, 15) is 0 Å². The maximum absolute atomic E-state index is 4.53. The maximum Gasteiger partial charge on any atom is 0.116 e. The van der Waals surface area contributed by atoms with Gasteiger partial charge in [0.2, 0.25) is 0 Å². The zero-order valence-corrected chi connectivity index (χ0v) is 21.2. The number of fused-ring (bicyclic) bond motifs is 6. The molecular formula is C24H20N4Pt2. The van der Waals surface area contributed by atoms with Crippen molar-refractivity contribution in [3.63, 3.8) is 0 Å². The summed E-state index contributed by atoms with van der Waals surface area (Å²) in [5, 5.41) is 0. The number of aryl methyl sites for hydroxylation is 2. The van der Waals surface area contributed by atoms with E-state index in [0.717, 1.165) is 41.3 Å². The molecule has 2 aromatic heterocycles. The van der Waals surface area contributed by atoms with E-state index in [1.54, 1.807) is 6.33 Å². The van der Waals surface area contributed by atoms with Gasteiger partial charge in [0.25, 0.3) is 0 Å². The van der Waals surface area contributed by atoms with E-state index in [2.05, 4.69) is 68.5 Å². The van der Waals surface area contributed by atoms with E-state index in [1.807, 2.05) is 20.0 Å². The van der Waals surface area contributed by atoms with Crippen molar-refractivity contribution in [2.45, 2.75) is 26.7 Å². The third-order valence-electron chi connectivity index (χ3n) is 5.40. The number of aromatic nitrogens is 4. The van der Waals surface area contributed by atoms with Crippen molar-refractivity contribution in [1.29, 1.82) is 0 Å². The Morgan fingerprint density at radius 3 is 2.07 bits per heavy atom. The standard InChI is InChI=1S/2C12H10N2.2Pt/c1-8-11-6-9-4-2-3-5-10(9)12(11)14-7-13-8;1-8-7-13-11-6-9-4-2-3-5-10(9)12(11)14-8;;/h2*2-5,7H,6H2,1H3;;. The largest absolute Gasteiger partial charge is 0.257 e. The maximum atomic E-state index is 4.53. The van der Waals surface area contributed by atoms with E-state index in [1.165, 1.54) is 27.8 Å². The van der Waals surface area contributed by atoms with Crippen LogP contribution in [0, 0.1) is 13.8 Å². The molecule has 0 amide bonds. The molecule has 0 unspecified atom stereocenters. The summed E-state index contributed by atoms with van der Waals surface area (Å²) < 4.78 is 0. The molecule has 2 heterocycles. The van der Waals surface area contributed by atoms with Crippen molar-refractivity contribution < 1.29 is 42.1 Å². The second-order valence-corrected chi connectivity index (χ2v) is 7.26. The van der Waals surface area contributed by atoms with Gasteiger partial charge in [0, 0.05) is 83.6 Å². The quantitative estimate of drug-likeness (QED) is 0.226. The van der Waals surface area contributed by atoms with Crippen molar-refractivity contribution in [3.8, 4) is 22.5 Å². The zero-order chi connectivity index (χ0) is 19.1. The predicted molar refractivity (Wildman–Crippen MR) is 110 cm³/mol. The van der Waals surface area contributed by atoms with Crippen LogP contribution in [0.4, 0.5) is 0 Å². The molecule has 156 valence electrons. The molecule has 2 aromatic carbocycles. The molecule has 0 aliphatic heterocycles. The summed E-state index contributed by atoms with van der Waals surface area (Å²) in [6, 6.07) is 16.8. The van der Waals surface area contributed by atoms with Gasteiger partial charge < -0.3 is 0 Å². The van der Waals surface area contributed by atoms with Gasteiger partial charge in [-0.2, -0.15) is 0 Å². The van der Waals surface area contributed by atoms with Gasteiger partial charge >= 0.3 is 0 Å². The fourth-order valence-electron chi connectivity index (χ4n) is 3.97. The SMILES string of the molecule is Cc1cnc2c(n1)-c1ccccc1C2.Cc1ncnc2c1Cc1ccccc1-2.[Pt].[Pt]. The van der Waals surface area contributed by atoms with Gasteiger partial charge in [0.15, 0.2) is 0 Å². The first-order valence-corrected chi connectivity index (χ1v) is 9.50. The fraction of sp³-hybridized carbons (Fsp3) is 0.167. The average molecular weight is 755 g/mol. The molecule has 2 aliphatic carbocycles. The smallest absolute Gasteiger partial charge is 0.116 e. The average Bonchev–Trinajstić information content (AvgIpc) is 3.28. The van der Waals surface area contributed by atoms with Crippen LogP contribution in [0.5, 0.6) is 0 Å². The normalized spacial score (nSPS) is 11.5. The van der Waals surface area contributed by atoms with Gasteiger partial charge in [0.1, 0.15) is 6.33 Å². The Labute approximate surface area is 205 Å². The van der Waals surface area contributed by atoms with Gasteiger partial charge in [-0.15, -0.1) is 0 Å². The molecule has 0 N–H and O–H groups in total. The molecule has 2 aliphatic rings. The van der Waals surface area contributed by atoms with Crippen LogP contribution in [-0.4, -0.2) is 19.9 Å². The van der Waals surface area contributed by atoms with Crippen LogP contribution in [0.2, 0.25) is 0 Å². The number of nitrogens with zero attached hydrogens (tertiary/aromatic N) is 4. The third-order valence-corrected chi connectivity index (χ3v) is 5.40. The summed E-state index contributed by atoms with van der Waals surface area (Å²) in [5.74, 6) is 0. The van der Waals surface area contributed by atoms with Crippen LogP contribution in [0.15, 0.2) is 61.1 Å². The second-order valence-electron chi connectivity index (χ2n) is 7.26. The Morgan fingerprint density at radius 2 is 1.33 bits per heavy atom. The molecule has 4 nitrogen and oxygen atoms in total. The number of benzene rings is 2. The number of rotatable bonds is 0. The molecule has 0 fully saturated rings. The monoisotopic (exact) mass is 754 g/mol. The second kappa shape index (κ2) is 9.41. The van der Waals surface area contributed by atoms with Crippen LogP contribution in [-0.2, 0) is 55.0 Å². The van der Waals surface area contributed by atoms with E-state index in [-0.39, 0.29) is 42.1 Å². The summed E-state index contributed by atoms with van der Waals surface area (Å²) in [6.45, 7) is 4.03. The van der Waals surface area contributed by atoms with Crippen LogP contribution in [0.1, 0.15) is 33.8 Å². The first-order chi connectivity index (χ1) is 13.7. The molecule has 0 bridgehead atoms. The molecular weight excluding hydrogens is 734 g/mol. The van der Waals surface area contributed by atoms with E-state index >= 15 is 0 Å². The Bertz CT molecular complexity index is 1200. The van der Waals surface area contributed by atoms with Gasteiger partial charge in [-0.3, -0.25) is 4.98 Å². The van der Waals surface area contributed by atoms with Crippen molar-refractivity contribution in [1.82, 2.24) is 19.9 Å². The van der Waals surface area contributed by atoms with Crippen LogP contribution in [0.25, 0.3) is 22.5 Å². The molecule has 0 atom stereocenters. The summed E-state index contributed by atoms with van der Waals surface area (Å²) >= 11 is 0. The molecule has 0 saturated carbocycles. The Hall–Kier alpha value is -2.02. The van der Waals surface area contributed by atoms with Gasteiger partial charge in [-0.05, 0) is 25.0 Å². The Morgan fingerprint density at radius 1 is 0.700 bits per heavy atom. The summed E-state index contributed by atoms with van der Waals surface area (Å²) in [5.41, 5.74) is 11.9. The topological polar surface area (TPSA) is 51.6 Å². The zero-order valence-electron chi connectivity index (χ0n) is 16.6. The number of hydrogen-bond acceptors (Lipinski definition) is 4. The minimum Gasteiger partial charge on any atom is -0.257 e.